The Balaban J connectivity index is 1.76. The molecule has 0 bridgehead atoms. The quantitative estimate of drug-likeness (QED) is 0.710. The van der Waals surface area contributed by atoms with E-state index in [9.17, 15) is 14.6 Å². The molecular formula is C22H30FN3O2. The van der Waals surface area contributed by atoms with Crippen LogP contribution in [0.4, 0.5) is 4.39 Å². The van der Waals surface area contributed by atoms with Gasteiger partial charge < -0.3 is 15.5 Å². The predicted molar refractivity (Wildman–Crippen MR) is 106 cm³/mol. The normalized spacial score (nSPS) is 25.2. The monoisotopic (exact) mass is 387 g/mol. The van der Waals surface area contributed by atoms with Crippen LogP contribution in [-0.2, 0) is 18.4 Å². The van der Waals surface area contributed by atoms with Crippen LogP contribution in [0.25, 0.3) is 0 Å². The number of aliphatic hydroxyl groups excluding tert-OH is 2. The van der Waals surface area contributed by atoms with E-state index in [2.05, 4.69) is 31.1 Å². The number of benzene rings is 1. The van der Waals surface area contributed by atoms with Crippen LogP contribution in [0.5, 0.6) is 0 Å². The van der Waals surface area contributed by atoms with Crippen LogP contribution in [0.15, 0.2) is 36.5 Å². The van der Waals surface area contributed by atoms with E-state index in [1.54, 1.807) is 18.3 Å². The third kappa shape index (κ3) is 4.74. The minimum Gasteiger partial charge on any atom is -0.396 e. The lowest BCUT2D eigenvalue weighted by Crippen LogP contribution is -2.36. The second-order valence-corrected chi connectivity index (χ2v) is 8.72. The van der Waals surface area contributed by atoms with Crippen molar-refractivity contribution in [3.8, 4) is 0 Å². The molecule has 4 atom stereocenters. The van der Waals surface area contributed by atoms with Crippen molar-refractivity contribution < 1.29 is 14.6 Å². The summed E-state index contributed by atoms with van der Waals surface area (Å²) in [7, 11) is 0. The highest BCUT2D eigenvalue weighted by Crippen LogP contribution is 2.35. The molecule has 0 saturated heterocycles. The number of hydrogen-bond donors (Lipinski definition) is 3. The summed E-state index contributed by atoms with van der Waals surface area (Å²) in [6.07, 6.45) is 2.34. The minimum absolute atomic E-state index is 0.00879. The first-order chi connectivity index (χ1) is 13.3. The van der Waals surface area contributed by atoms with E-state index in [4.69, 9.17) is 4.98 Å². The van der Waals surface area contributed by atoms with Gasteiger partial charge in [0.2, 0.25) is 0 Å². The molecule has 1 saturated carbocycles. The maximum atomic E-state index is 13.9. The Morgan fingerprint density at radius 2 is 1.93 bits per heavy atom. The summed E-state index contributed by atoms with van der Waals surface area (Å²) in [6.45, 7) is 6.51. The zero-order valence-electron chi connectivity index (χ0n) is 16.8. The van der Waals surface area contributed by atoms with Crippen molar-refractivity contribution in [1.29, 1.82) is 0 Å². The first-order valence-corrected chi connectivity index (χ1v) is 9.87. The standard InChI is InChI=1S/C22H30FN3O2/c1-22(2,3)21-24-9-8-15(26-21)10-16-17(13-27)20(28)11-19(16)25-12-14-6-4-5-7-18(14)23/h4-9,16-17,19-20,25,27-28H,10-13H2,1-3H3/t16-,17-,19-,20-/m1/s1. The Morgan fingerprint density at radius 3 is 2.61 bits per heavy atom. The SMILES string of the molecule is CC(C)(C)c1nccc(C[C@@H]2[C@@H](CO)[C@H](O)C[C@H]2NCc2ccccc2F)n1. The van der Waals surface area contributed by atoms with Crippen molar-refractivity contribution in [3.63, 3.8) is 0 Å². The lowest BCUT2D eigenvalue weighted by atomic mass is 9.88. The van der Waals surface area contributed by atoms with Gasteiger partial charge in [-0.25, -0.2) is 14.4 Å². The van der Waals surface area contributed by atoms with Crippen molar-refractivity contribution in [3.05, 3.63) is 59.4 Å². The van der Waals surface area contributed by atoms with Gasteiger partial charge in [0.05, 0.1) is 6.10 Å². The van der Waals surface area contributed by atoms with Gasteiger partial charge >= 0.3 is 0 Å². The average molecular weight is 387 g/mol. The molecule has 1 aromatic carbocycles. The zero-order valence-corrected chi connectivity index (χ0v) is 16.8. The molecule has 5 nitrogen and oxygen atoms in total. The first-order valence-electron chi connectivity index (χ1n) is 9.87. The van der Waals surface area contributed by atoms with Gasteiger partial charge in [-0.2, -0.15) is 0 Å². The predicted octanol–water partition coefficient (Wildman–Crippen LogP) is 2.60. The van der Waals surface area contributed by atoms with E-state index < -0.39 is 6.10 Å². The van der Waals surface area contributed by atoms with Gasteiger partial charge in [-0.05, 0) is 30.9 Å². The van der Waals surface area contributed by atoms with Gasteiger partial charge in [0.15, 0.2) is 0 Å². The summed E-state index contributed by atoms with van der Waals surface area (Å²) in [6, 6.07) is 8.55. The van der Waals surface area contributed by atoms with Crippen LogP contribution in [-0.4, -0.2) is 38.9 Å². The van der Waals surface area contributed by atoms with Gasteiger partial charge in [-0.3, -0.25) is 0 Å². The van der Waals surface area contributed by atoms with Crippen molar-refractivity contribution in [2.45, 2.75) is 57.7 Å². The first kappa shape index (κ1) is 20.8. The van der Waals surface area contributed by atoms with Crippen LogP contribution in [0.3, 0.4) is 0 Å². The van der Waals surface area contributed by atoms with E-state index in [-0.39, 0.29) is 35.7 Å². The van der Waals surface area contributed by atoms with Gasteiger partial charge in [-0.15, -0.1) is 0 Å². The Labute approximate surface area is 166 Å². The summed E-state index contributed by atoms with van der Waals surface area (Å²) in [5.41, 5.74) is 1.35. The molecule has 1 fully saturated rings. The Morgan fingerprint density at radius 1 is 1.18 bits per heavy atom. The molecule has 28 heavy (non-hydrogen) atoms. The molecule has 0 amide bonds. The second kappa shape index (κ2) is 8.64. The number of rotatable bonds is 6. The second-order valence-electron chi connectivity index (χ2n) is 8.72. The van der Waals surface area contributed by atoms with E-state index >= 15 is 0 Å². The fraction of sp³-hybridized carbons (Fsp3) is 0.545. The molecule has 2 aromatic rings. The summed E-state index contributed by atoms with van der Waals surface area (Å²) < 4.78 is 13.9. The molecular weight excluding hydrogens is 357 g/mol. The number of nitrogens with one attached hydrogen (secondary N) is 1. The van der Waals surface area contributed by atoms with Crippen molar-refractivity contribution >= 4 is 0 Å². The molecule has 6 heteroatoms. The van der Waals surface area contributed by atoms with Crippen LogP contribution >= 0.6 is 0 Å². The summed E-state index contributed by atoms with van der Waals surface area (Å²) in [4.78, 5) is 9.08. The summed E-state index contributed by atoms with van der Waals surface area (Å²) in [5.74, 6) is 0.315. The number of nitrogens with zero attached hydrogens (tertiary/aromatic N) is 2. The minimum atomic E-state index is -0.586. The molecule has 1 aliphatic carbocycles. The topological polar surface area (TPSA) is 78.3 Å². The smallest absolute Gasteiger partial charge is 0.133 e. The highest BCUT2D eigenvalue weighted by molar-refractivity contribution is 5.17. The molecule has 0 radical (unpaired) electrons. The van der Waals surface area contributed by atoms with E-state index in [1.807, 2.05) is 12.1 Å². The molecule has 1 aromatic heterocycles. The number of hydrogen-bond acceptors (Lipinski definition) is 5. The van der Waals surface area contributed by atoms with E-state index in [0.717, 1.165) is 11.5 Å². The highest BCUT2D eigenvalue weighted by atomic mass is 19.1. The van der Waals surface area contributed by atoms with Gasteiger partial charge in [0.25, 0.3) is 0 Å². The van der Waals surface area contributed by atoms with Crippen molar-refractivity contribution in [2.24, 2.45) is 11.8 Å². The Hall–Kier alpha value is -1.89. The van der Waals surface area contributed by atoms with Crippen molar-refractivity contribution in [2.75, 3.05) is 6.61 Å². The van der Waals surface area contributed by atoms with Gasteiger partial charge in [-0.1, -0.05) is 39.0 Å². The zero-order chi connectivity index (χ0) is 20.3. The molecule has 1 aliphatic rings. The van der Waals surface area contributed by atoms with Crippen LogP contribution in [0.1, 0.15) is 44.3 Å². The highest BCUT2D eigenvalue weighted by Gasteiger charge is 2.42. The molecule has 0 spiro atoms. The van der Waals surface area contributed by atoms with Crippen LogP contribution in [0, 0.1) is 17.7 Å². The third-order valence-electron chi connectivity index (χ3n) is 5.61. The van der Waals surface area contributed by atoms with Crippen LogP contribution < -0.4 is 5.32 Å². The Kier molecular flexibility index (Phi) is 6.43. The Bertz CT molecular complexity index is 793. The molecule has 3 rings (SSSR count). The molecule has 152 valence electrons. The lowest BCUT2D eigenvalue weighted by Gasteiger charge is -2.25. The molecule has 0 unspecified atom stereocenters. The number of halogens is 1. The molecule has 1 heterocycles. The molecule has 3 N–H and O–H groups in total. The average Bonchev–Trinajstić information content (AvgIpc) is 2.95. The maximum absolute atomic E-state index is 13.9. The molecule has 0 aliphatic heterocycles. The van der Waals surface area contributed by atoms with Crippen molar-refractivity contribution in [1.82, 2.24) is 15.3 Å². The van der Waals surface area contributed by atoms with Gasteiger partial charge in [0, 0.05) is 48.0 Å². The summed E-state index contributed by atoms with van der Waals surface area (Å²) in [5, 5.41) is 23.7. The maximum Gasteiger partial charge on any atom is 0.133 e. The lowest BCUT2D eigenvalue weighted by molar-refractivity contribution is 0.0715. The van der Waals surface area contributed by atoms with E-state index in [1.165, 1.54) is 6.07 Å². The third-order valence-corrected chi connectivity index (χ3v) is 5.61. The summed E-state index contributed by atoms with van der Waals surface area (Å²) >= 11 is 0. The van der Waals surface area contributed by atoms with E-state index in [0.29, 0.717) is 24.9 Å². The largest absolute Gasteiger partial charge is 0.396 e. The fourth-order valence-corrected chi connectivity index (χ4v) is 3.97. The fourth-order valence-electron chi connectivity index (χ4n) is 3.97. The number of aromatic nitrogens is 2. The van der Waals surface area contributed by atoms with Crippen LogP contribution in [0.2, 0.25) is 0 Å². The van der Waals surface area contributed by atoms with Gasteiger partial charge in [0.1, 0.15) is 11.6 Å². The number of aliphatic hydroxyl groups is 2.